The van der Waals surface area contributed by atoms with Crippen LogP contribution in [0, 0.1) is 15.9 Å². The summed E-state index contributed by atoms with van der Waals surface area (Å²) in [6, 6.07) is 2.47. The fourth-order valence-corrected chi connectivity index (χ4v) is 2.44. The van der Waals surface area contributed by atoms with Crippen molar-refractivity contribution >= 4 is 15.7 Å². The molecule has 1 rings (SSSR count). The third kappa shape index (κ3) is 4.23. The Hall–Kier alpha value is -1.58. The van der Waals surface area contributed by atoms with Crippen molar-refractivity contribution in [1.29, 1.82) is 0 Å². The first-order valence-electron chi connectivity index (χ1n) is 5.46. The van der Waals surface area contributed by atoms with E-state index in [4.69, 9.17) is 0 Å². The Bertz CT molecular complexity index is 562. The Morgan fingerprint density at radius 3 is 2.58 bits per heavy atom. The molecular weight excluding hydrogens is 277 g/mol. The van der Waals surface area contributed by atoms with E-state index in [0.717, 1.165) is 12.1 Å². The molecule has 2 N–H and O–H groups in total. The van der Waals surface area contributed by atoms with Crippen molar-refractivity contribution in [2.24, 2.45) is 0 Å². The van der Waals surface area contributed by atoms with Crippen LogP contribution in [-0.4, -0.2) is 33.5 Å². The van der Waals surface area contributed by atoms with E-state index in [1.165, 1.54) is 0 Å². The standard InChI is InChI=1S/C10H14FN3O4S/c1-12-5-2-6-13-19(17,18)8-3-4-10(14(15)16)9(11)7-8/h3-4,7,12-13H,2,5-6H2,1H3. The van der Waals surface area contributed by atoms with Crippen molar-refractivity contribution in [3.8, 4) is 0 Å². The first-order valence-corrected chi connectivity index (χ1v) is 6.95. The maximum atomic E-state index is 13.3. The molecule has 0 fully saturated rings. The summed E-state index contributed by atoms with van der Waals surface area (Å²) in [7, 11) is -2.11. The van der Waals surface area contributed by atoms with Crippen LogP contribution in [0.4, 0.5) is 10.1 Å². The van der Waals surface area contributed by atoms with Gasteiger partial charge in [0.1, 0.15) is 0 Å². The van der Waals surface area contributed by atoms with E-state index in [0.29, 0.717) is 19.0 Å². The second kappa shape index (κ2) is 6.55. The highest BCUT2D eigenvalue weighted by molar-refractivity contribution is 7.89. The molecule has 0 aliphatic carbocycles. The molecule has 1 aromatic rings. The van der Waals surface area contributed by atoms with Crippen LogP contribution in [0.25, 0.3) is 0 Å². The average Bonchev–Trinajstić information content (AvgIpc) is 2.34. The Kier molecular flexibility index (Phi) is 5.33. The van der Waals surface area contributed by atoms with Crippen LogP contribution < -0.4 is 10.0 Å². The summed E-state index contributed by atoms with van der Waals surface area (Å²) >= 11 is 0. The quantitative estimate of drug-likeness (QED) is 0.435. The van der Waals surface area contributed by atoms with Gasteiger partial charge in [-0.1, -0.05) is 0 Å². The number of benzene rings is 1. The maximum Gasteiger partial charge on any atom is 0.304 e. The lowest BCUT2D eigenvalue weighted by Gasteiger charge is -2.06. The molecule has 7 nitrogen and oxygen atoms in total. The van der Waals surface area contributed by atoms with Crippen LogP contribution in [0.3, 0.4) is 0 Å². The van der Waals surface area contributed by atoms with Gasteiger partial charge in [0.25, 0.3) is 0 Å². The summed E-state index contributed by atoms with van der Waals surface area (Å²) in [4.78, 5) is 9.18. The zero-order valence-electron chi connectivity index (χ0n) is 10.2. The first-order chi connectivity index (χ1) is 8.88. The fraction of sp³-hybridized carbons (Fsp3) is 0.400. The highest BCUT2D eigenvalue weighted by Gasteiger charge is 2.20. The molecule has 0 bridgehead atoms. The number of nitro groups is 1. The molecular formula is C10H14FN3O4S. The van der Waals surface area contributed by atoms with Gasteiger partial charge in [-0.2, -0.15) is 4.39 Å². The lowest BCUT2D eigenvalue weighted by atomic mass is 10.3. The van der Waals surface area contributed by atoms with E-state index in [-0.39, 0.29) is 11.4 Å². The number of nitrogens with zero attached hydrogens (tertiary/aromatic N) is 1. The molecule has 0 saturated heterocycles. The third-order valence-corrected chi connectivity index (χ3v) is 3.78. The fourth-order valence-electron chi connectivity index (χ4n) is 1.36. The Morgan fingerprint density at radius 1 is 1.37 bits per heavy atom. The van der Waals surface area contributed by atoms with Crippen LogP contribution >= 0.6 is 0 Å². The number of halogens is 1. The Balaban J connectivity index is 2.84. The van der Waals surface area contributed by atoms with Crippen molar-refractivity contribution in [2.75, 3.05) is 20.1 Å². The van der Waals surface area contributed by atoms with Gasteiger partial charge < -0.3 is 5.32 Å². The molecule has 0 saturated carbocycles. The van der Waals surface area contributed by atoms with Crippen molar-refractivity contribution in [3.63, 3.8) is 0 Å². The predicted molar refractivity (Wildman–Crippen MR) is 66.8 cm³/mol. The number of nitro benzene ring substituents is 1. The van der Waals surface area contributed by atoms with Gasteiger partial charge in [-0.3, -0.25) is 10.1 Å². The van der Waals surface area contributed by atoms with Gasteiger partial charge in [0.15, 0.2) is 0 Å². The number of hydrogen-bond acceptors (Lipinski definition) is 5. The molecule has 106 valence electrons. The second-order valence-electron chi connectivity index (χ2n) is 3.73. The average molecular weight is 291 g/mol. The van der Waals surface area contributed by atoms with Gasteiger partial charge in [0, 0.05) is 18.7 Å². The van der Waals surface area contributed by atoms with Gasteiger partial charge >= 0.3 is 5.69 Å². The summed E-state index contributed by atoms with van der Waals surface area (Å²) < 4.78 is 39.1. The summed E-state index contributed by atoms with van der Waals surface area (Å²) in [5.41, 5.74) is -0.755. The molecule has 19 heavy (non-hydrogen) atoms. The summed E-state index contributed by atoms with van der Waals surface area (Å²) in [6.07, 6.45) is 0.575. The van der Waals surface area contributed by atoms with E-state index in [9.17, 15) is 22.9 Å². The van der Waals surface area contributed by atoms with Crippen molar-refractivity contribution in [3.05, 3.63) is 34.1 Å². The van der Waals surface area contributed by atoms with Crippen molar-refractivity contribution in [1.82, 2.24) is 10.0 Å². The normalized spacial score (nSPS) is 11.5. The van der Waals surface area contributed by atoms with Crippen LogP contribution in [-0.2, 0) is 10.0 Å². The maximum absolute atomic E-state index is 13.3. The van der Waals surface area contributed by atoms with E-state index < -0.39 is 26.5 Å². The topological polar surface area (TPSA) is 101 Å². The smallest absolute Gasteiger partial charge is 0.304 e. The zero-order chi connectivity index (χ0) is 14.5. The highest BCUT2D eigenvalue weighted by atomic mass is 32.2. The molecule has 0 amide bonds. The first kappa shape index (κ1) is 15.5. The number of hydrogen-bond donors (Lipinski definition) is 2. The summed E-state index contributed by atoms with van der Waals surface area (Å²) in [5, 5.41) is 13.3. The lowest BCUT2D eigenvalue weighted by Crippen LogP contribution is -2.26. The zero-order valence-corrected chi connectivity index (χ0v) is 11.0. The van der Waals surface area contributed by atoms with Crippen LogP contribution in [0.2, 0.25) is 0 Å². The van der Waals surface area contributed by atoms with Gasteiger partial charge in [-0.05, 0) is 26.1 Å². The summed E-state index contributed by atoms with van der Waals surface area (Å²) in [5.74, 6) is -1.18. The lowest BCUT2D eigenvalue weighted by molar-refractivity contribution is -0.387. The number of sulfonamides is 1. The number of rotatable bonds is 7. The second-order valence-corrected chi connectivity index (χ2v) is 5.49. The summed E-state index contributed by atoms with van der Waals surface area (Å²) in [6.45, 7) is 0.832. The van der Waals surface area contributed by atoms with E-state index in [2.05, 4.69) is 10.0 Å². The molecule has 1 aromatic carbocycles. The minimum Gasteiger partial charge on any atom is -0.320 e. The minimum absolute atomic E-state index is 0.196. The van der Waals surface area contributed by atoms with Gasteiger partial charge in [0.2, 0.25) is 15.8 Å². The van der Waals surface area contributed by atoms with E-state index in [1.807, 2.05) is 0 Å². The molecule has 0 atom stereocenters. The van der Waals surface area contributed by atoms with Crippen molar-refractivity contribution in [2.45, 2.75) is 11.3 Å². The van der Waals surface area contributed by atoms with Crippen LogP contribution in [0.1, 0.15) is 6.42 Å². The minimum atomic E-state index is -3.85. The van der Waals surface area contributed by atoms with Gasteiger partial charge in [-0.15, -0.1) is 0 Å². The van der Waals surface area contributed by atoms with Gasteiger partial charge in [0.05, 0.1) is 9.82 Å². The third-order valence-electron chi connectivity index (χ3n) is 2.32. The molecule has 0 aliphatic rings. The van der Waals surface area contributed by atoms with Gasteiger partial charge in [-0.25, -0.2) is 13.1 Å². The molecule has 0 heterocycles. The predicted octanol–water partition coefficient (Wildman–Crippen LogP) is 0.622. The van der Waals surface area contributed by atoms with Crippen LogP contribution in [0.15, 0.2) is 23.1 Å². The largest absolute Gasteiger partial charge is 0.320 e. The highest BCUT2D eigenvalue weighted by Crippen LogP contribution is 2.20. The number of nitrogens with one attached hydrogen (secondary N) is 2. The molecule has 0 aromatic heterocycles. The van der Waals surface area contributed by atoms with E-state index >= 15 is 0 Å². The molecule has 9 heteroatoms. The van der Waals surface area contributed by atoms with Crippen molar-refractivity contribution < 1.29 is 17.7 Å². The molecule has 0 radical (unpaired) electrons. The Morgan fingerprint density at radius 2 is 2.05 bits per heavy atom. The Labute approximate surface area is 110 Å². The molecule has 0 unspecified atom stereocenters. The SMILES string of the molecule is CNCCCNS(=O)(=O)c1ccc([N+](=O)[O-])c(F)c1. The molecule has 0 aliphatic heterocycles. The monoisotopic (exact) mass is 291 g/mol. The van der Waals surface area contributed by atoms with Crippen LogP contribution in [0.5, 0.6) is 0 Å². The molecule has 0 spiro atoms. The van der Waals surface area contributed by atoms with E-state index in [1.54, 1.807) is 7.05 Å².